The molecule has 0 spiro atoms. The standard InChI is InChI=1S/C38H38Se2/c1-3-5-7-9-11-25-13-15-27-21-35-31(19-29(27)17-25)33-23-38-34(24-37(33)39-35)32-20-30-18-26(12-10-8-6-4-2)14-16-28(30)22-36(32)40-38/h13-24H,3-12H2,1-2H3. The second kappa shape index (κ2) is 11.5. The molecule has 0 N–H and O–H groups in total. The van der Waals surface area contributed by atoms with Gasteiger partial charge in [0.15, 0.2) is 0 Å². The Labute approximate surface area is 249 Å². The average molecular weight is 653 g/mol. The van der Waals surface area contributed by atoms with E-state index in [0.29, 0.717) is 29.0 Å². The molecule has 2 aromatic heterocycles. The van der Waals surface area contributed by atoms with E-state index in [4.69, 9.17) is 0 Å². The molecule has 7 aromatic rings. The minimum atomic E-state index is 0.380. The Bertz CT molecular complexity index is 1840. The summed E-state index contributed by atoms with van der Waals surface area (Å²) >= 11 is 0.760. The molecule has 0 bridgehead atoms. The second-order valence-corrected chi connectivity index (χ2v) is 16.3. The summed E-state index contributed by atoms with van der Waals surface area (Å²) in [5, 5.41) is 11.7. The van der Waals surface area contributed by atoms with Crippen LogP contribution in [0.15, 0.2) is 72.8 Å². The van der Waals surface area contributed by atoms with Crippen LogP contribution < -0.4 is 0 Å². The number of hydrogen-bond acceptors (Lipinski definition) is 0. The molecule has 2 heteroatoms. The molecule has 0 atom stereocenters. The van der Waals surface area contributed by atoms with Crippen molar-refractivity contribution in [2.24, 2.45) is 0 Å². The zero-order chi connectivity index (χ0) is 27.1. The van der Waals surface area contributed by atoms with Gasteiger partial charge in [0.1, 0.15) is 0 Å². The van der Waals surface area contributed by atoms with Gasteiger partial charge in [-0.3, -0.25) is 0 Å². The zero-order valence-electron chi connectivity index (χ0n) is 23.8. The summed E-state index contributed by atoms with van der Waals surface area (Å²) in [6.45, 7) is 4.58. The first kappa shape index (κ1) is 26.6. The Hall–Kier alpha value is -2.34. The number of benzene rings is 5. The van der Waals surface area contributed by atoms with E-state index in [2.05, 4.69) is 86.6 Å². The number of rotatable bonds is 10. The molecule has 2 heterocycles. The van der Waals surface area contributed by atoms with Gasteiger partial charge in [-0.15, -0.1) is 0 Å². The third-order valence-electron chi connectivity index (χ3n) is 8.75. The van der Waals surface area contributed by atoms with Gasteiger partial charge < -0.3 is 0 Å². The molecule has 40 heavy (non-hydrogen) atoms. The second-order valence-electron chi connectivity index (χ2n) is 11.7. The molecule has 5 aromatic carbocycles. The van der Waals surface area contributed by atoms with E-state index in [-0.39, 0.29) is 0 Å². The van der Waals surface area contributed by atoms with Crippen LogP contribution in [0.25, 0.3) is 60.1 Å². The van der Waals surface area contributed by atoms with Gasteiger partial charge in [0.2, 0.25) is 0 Å². The van der Waals surface area contributed by atoms with E-state index in [1.54, 1.807) is 17.0 Å². The number of unbranched alkanes of at least 4 members (excludes halogenated alkanes) is 6. The SMILES string of the molecule is CCCCCCc1ccc2cc3[se]c4cc5c(cc4c3cc2c1)[se]c1cc2ccc(CCCCCC)cc2cc15. The fourth-order valence-corrected chi connectivity index (χ4v) is 11.3. The van der Waals surface area contributed by atoms with Gasteiger partial charge in [-0.05, 0) is 0 Å². The third-order valence-corrected chi connectivity index (χ3v) is 13.4. The van der Waals surface area contributed by atoms with Gasteiger partial charge in [-0.2, -0.15) is 0 Å². The Morgan fingerprint density at radius 1 is 0.400 bits per heavy atom. The average Bonchev–Trinajstić information content (AvgIpc) is 3.49. The van der Waals surface area contributed by atoms with Gasteiger partial charge in [-0.25, -0.2) is 0 Å². The maximum absolute atomic E-state index is 2.57. The van der Waals surface area contributed by atoms with E-state index in [0.717, 1.165) is 0 Å². The molecule has 0 aliphatic heterocycles. The first-order valence-electron chi connectivity index (χ1n) is 15.4. The Morgan fingerprint density at radius 3 is 1.27 bits per heavy atom. The first-order valence-corrected chi connectivity index (χ1v) is 18.8. The van der Waals surface area contributed by atoms with Crippen LogP contribution in [0.3, 0.4) is 0 Å². The minimum absolute atomic E-state index is 0.380. The maximum atomic E-state index is 2.57. The molecule has 7 rings (SSSR count). The van der Waals surface area contributed by atoms with E-state index >= 15 is 0 Å². The quantitative estimate of drug-likeness (QED) is 0.102. The zero-order valence-corrected chi connectivity index (χ0v) is 27.2. The summed E-state index contributed by atoms with van der Waals surface area (Å²) in [6.07, 6.45) is 13.0. The van der Waals surface area contributed by atoms with Crippen molar-refractivity contribution < 1.29 is 0 Å². The van der Waals surface area contributed by atoms with Crippen molar-refractivity contribution in [1.29, 1.82) is 0 Å². The molecular formula is C38H38Se2. The van der Waals surface area contributed by atoms with Crippen molar-refractivity contribution in [3.05, 3.63) is 83.9 Å². The van der Waals surface area contributed by atoms with Gasteiger partial charge in [0.05, 0.1) is 0 Å². The summed E-state index contributed by atoms with van der Waals surface area (Å²) < 4.78 is 6.27. The molecule has 0 radical (unpaired) electrons. The molecule has 0 amide bonds. The van der Waals surface area contributed by atoms with Crippen LogP contribution in [0.2, 0.25) is 0 Å². The Kier molecular flexibility index (Phi) is 7.64. The van der Waals surface area contributed by atoms with E-state index in [9.17, 15) is 0 Å². The summed E-state index contributed by atoms with van der Waals surface area (Å²) in [5.41, 5.74) is 2.99. The van der Waals surface area contributed by atoms with Gasteiger partial charge in [-0.1, -0.05) is 0 Å². The van der Waals surface area contributed by atoms with E-state index < -0.39 is 0 Å². The summed E-state index contributed by atoms with van der Waals surface area (Å²) in [5.74, 6) is 0. The third kappa shape index (κ3) is 5.10. The summed E-state index contributed by atoms with van der Waals surface area (Å²) in [7, 11) is 0. The normalized spacial score (nSPS) is 12.2. The molecule has 0 saturated carbocycles. The van der Waals surface area contributed by atoms with Crippen molar-refractivity contribution in [3.63, 3.8) is 0 Å². The molecule has 0 aliphatic carbocycles. The van der Waals surface area contributed by atoms with Crippen LogP contribution in [0.5, 0.6) is 0 Å². The van der Waals surface area contributed by atoms with Gasteiger partial charge >= 0.3 is 251 Å². The topological polar surface area (TPSA) is 0 Å². The molecular weight excluding hydrogens is 614 g/mol. The fourth-order valence-electron chi connectivity index (χ4n) is 6.45. The number of hydrogen-bond donors (Lipinski definition) is 0. The van der Waals surface area contributed by atoms with Crippen molar-refractivity contribution in [2.75, 3.05) is 0 Å². The number of fused-ring (bicyclic) bond motifs is 8. The van der Waals surface area contributed by atoms with Crippen molar-refractivity contribution in [2.45, 2.75) is 78.1 Å². The molecule has 0 unspecified atom stereocenters. The van der Waals surface area contributed by atoms with Crippen molar-refractivity contribution in [1.82, 2.24) is 0 Å². The monoisotopic (exact) mass is 654 g/mol. The molecule has 0 saturated heterocycles. The van der Waals surface area contributed by atoms with E-state index in [1.807, 2.05) is 0 Å². The van der Waals surface area contributed by atoms with Crippen LogP contribution >= 0.6 is 0 Å². The van der Waals surface area contributed by atoms with Crippen LogP contribution in [-0.4, -0.2) is 29.0 Å². The predicted molar refractivity (Wildman–Crippen MR) is 181 cm³/mol. The first-order chi connectivity index (χ1) is 19.7. The molecule has 0 fully saturated rings. The fraction of sp³-hybridized carbons (Fsp3) is 0.316. The summed E-state index contributed by atoms with van der Waals surface area (Å²) in [6, 6.07) is 29.5. The van der Waals surface area contributed by atoms with Crippen molar-refractivity contribution in [3.8, 4) is 0 Å². The number of aryl methyl sites for hydroxylation is 2. The Morgan fingerprint density at radius 2 is 0.825 bits per heavy atom. The molecule has 202 valence electrons. The summed E-state index contributed by atoms with van der Waals surface area (Å²) in [4.78, 5) is 0. The van der Waals surface area contributed by atoms with Crippen LogP contribution in [0, 0.1) is 0 Å². The molecule has 0 aliphatic rings. The van der Waals surface area contributed by atoms with Crippen molar-refractivity contribution >= 4 is 89.1 Å². The van der Waals surface area contributed by atoms with Crippen LogP contribution in [0.4, 0.5) is 0 Å². The molecule has 0 nitrogen and oxygen atoms in total. The van der Waals surface area contributed by atoms with Crippen LogP contribution in [0.1, 0.15) is 76.3 Å². The Balaban J connectivity index is 1.28. The van der Waals surface area contributed by atoms with Gasteiger partial charge in [0.25, 0.3) is 0 Å². The van der Waals surface area contributed by atoms with Gasteiger partial charge in [0, 0.05) is 0 Å². The van der Waals surface area contributed by atoms with Crippen LogP contribution in [-0.2, 0) is 12.8 Å². The van der Waals surface area contributed by atoms with E-state index in [1.165, 1.54) is 118 Å². The predicted octanol–water partition coefficient (Wildman–Crippen LogP) is 11.0.